The van der Waals surface area contributed by atoms with Crippen LogP contribution in [0.25, 0.3) is 0 Å². The molecule has 7 nitrogen and oxygen atoms in total. The minimum atomic E-state index is -1.03. The molecule has 7 heteroatoms. The molecule has 130 valence electrons. The number of carbonyl (C=O) groups is 3. The van der Waals surface area contributed by atoms with Gasteiger partial charge in [0, 0.05) is 39.5 Å². The van der Waals surface area contributed by atoms with Crippen LogP contribution in [-0.2, 0) is 20.9 Å². The Labute approximate surface area is 140 Å². The SMILES string of the molecule is CN1CCC(C(=O)N(C)Cc2ccc(OCC(=O)O)cc2)CC1=O. The van der Waals surface area contributed by atoms with E-state index >= 15 is 0 Å². The zero-order valence-electron chi connectivity index (χ0n) is 13.9. The van der Waals surface area contributed by atoms with Crippen LogP contribution in [0.2, 0.25) is 0 Å². The fourth-order valence-electron chi connectivity index (χ4n) is 2.65. The molecule has 2 amide bonds. The van der Waals surface area contributed by atoms with Crippen LogP contribution < -0.4 is 4.74 Å². The van der Waals surface area contributed by atoms with Crippen LogP contribution in [0.15, 0.2) is 24.3 Å². The second-order valence-electron chi connectivity index (χ2n) is 6.03. The number of carboxylic acid groups (broad SMARTS) is 1. The summed E-state index contributed by atoms with van der Waals surface area (Å²) in [5.74, 6) is -0.833. The van der Waals surface area contributed by atoms with Gasteiger partial charge < -0.3 is 19.6 Å². The van der Waals surface area contributed by atoms with Gasteiger partial charge in [0.25, 0.3) is 0 Å². The molecule has 1 aliphatic heterocycles. The highest BCUT2D eigenvalue weighted by atomic mass is 16.5. The van der Waals surface area contributed by atoms with E-state index in [1.165, 1.54) is 0 Å². The standard InChI is InChI=1S/C17H22N2O5/c1-18-8-7-13(9-15(18)20)17(23)19(2)10-12-3-5-14(6-4-12)24-11-16(21)22/h3-6,13H,7-11H2,1-2H3,(H,21,22). The Morgan fingerprint density at radius 1 is 1.33 bits per heavy atom. The maximum absolute atomic E-state index is 12.5. The average Bonchev–Trinajstić information content (AvgIpc) is 2.56. The van der Waals surface area contributed by atoms with Crippen molar-refractivity contribution in [2.24, 2.45) is 5.92 Å². The highest BCUT2D eigenvalue weighted by Crippen LogP contribution is 2.20. The summed E-state index contributed by atoms with van der Waals surface area (Å²) in [6, 6.07) is 6.94. The van der Waals surface area contributed by atoms with Gasteiger partial charge in [0.2, 0.25) is 11.8 Å². The maximum atomic E-state index is 12.5. The number of nitrogens with zero attached hydrogens (tertiary/aromatic N) is 2. The molecule has 24 heavy (non-hydrogen) atoms. The molecule has 1 heterocycles. The monoisotopic (exact) mass is 334 g/mol. The first-order valence-corrected chi connectivity index (χ1v) is 7.79. The first-order valence-electron chi connectivity index (χ1n) is 7.79. The van der Waals surface area contributed by atoms with Crippen molar-refractivity contribution in [3.05, 3.63) is 29.8 Å². The largest absolute Gasteiger partial charge is 0.482 e. The number of rotatable bonds is 6. The van der Waals surface area contributed by atoms with Gasteiger partial charge in [-0.25, -0.2) is 4.79 Å². The molecule has 1 saturated heterocycles. The third-order valence-corrected chi connectivity index (χ3v) is 4.09. The number of amides is 2. The molecule has 2 rings (SSSR count). The summed E-state index contributed by atoms with van der Waals surface area (Å²) in [4.78, 5) is 37.9. The van der Waals surface area contributed by atoms with Gasteiger partial charge in [-0.15, -0.1) is 0 Å². The van der Waals surface area contributed by atoms with Crippen LogP contribution >= 0.6 is 0 Å². The van der Waals surface area contributed by atoms with Crippen LogP contribution in [-0.4, -0.2) is 59.9 Å². The molecular weight excluding hydrogens is 312 g/mol. The summed E-state index contributed by atoms with van der Waals surface area (Å²) in [6.07, 6.45) is 0.953. The van der Waals surface area contributed by atoms with Crippen LogP contribution in [0.5, 0.6) is 5.75 Å². The minimum absolute atomic E-state index is 0.00734. The van der Waals surface area contributed by atoms with Crippen LogP contribution in [0.4, 0.5) is 0 Å². The molecule has 1 aromatic carbocycles. The zero-order valence-corrected chi connectivity index (χ0v) is 13.9. The molecule has 1 fully saturated rings. The minimum Gasteiger partial charge on any atom is -0.482 e. The predicted molar refractivity (Wildman–Crippen MR) is 86.4 cm³/mol. The fraction of sp³-hybridized carbons (Fsp3) is 0.471. The number of ether oxygens (including phenoxy) is 1. The van der Waals surface area contributed by atoms with Crippen molar-refractivity contribution in [2.45, 2.75) is 19.4 Å². The Hall–Kier alpha value is -2.57. The van der Waals surface area contributed by atoms with Crippen molar-refractivity contribution in [3.63, 3.8) is 0 Å². The number of benzene rings is 1. The fourth-order valence-corrected chi connectivity index (χ4v) is 2.65. The lowest BCUT2D eigenvalue weighted by molar-refractivity contribution is -0.143. The Morgan fingerprint density at radius 2 is 2.00 bits per heavy atom. The molecule has 1 aliphatic rings. The lowest BCUT2D eigenvalue weighted by Crippen LogP contribution is -2.42. The van der Waals surface area contributed by atoms with Crippen molar-refractivity contribution < 1.29 is 24.2 Å². The van der Waals surface area contributed by atoms with Crippen LogP contribution in [0.3, 0.4) is 0 Å². The van der Waals surface area contributed by atoms with Crippen molar-refractivity contribution in [1.82, 2.24) is 9.80 Å². The zero-order chi connectivity index (χ0) is 17.7. The summed E-state index contributed by atoms with van der Waals surface area (Å²) >= 11 is 0. The highest BCUT2D eigenvalue weighted by Gasteiger charge is 2.30. The normalized spacial score (nSPS) is 17.5. The maximum Gasteiger partial charge on any atom is 0.341 e. The number of hydrogen-bond donors (Lipinski definition) is 1. The molecule has 0 aliphatic carbocycles. The van der Waals surface area contributed by atoms with Gasteiger partial charge in [-0.1, -0.05) is 12.1 Å². The molecule has 0 aromatic heterocycles. The second-order valence-corrected chi connectivity index (χ2v) is 6.03. The van der Waals surface area contributed by atoms with Crippen molar-refractivity contribution in [3.8, 4) is 5.75 Å². The number of aliphatic carboxylic acids is 1. The van der Waals surface area contributed by atoms with E-state index in [0.29, 0.717) is 25.3 Å². The van der Waals surface area contributed by atoms with Crippen molar-refractivity contribution in [2.75, 3.05) is 27.2 Å². The van der Waals surface area contributed by atoms with E-state index in [9.17, 15) is 14.4 Å². The van der Waals surface area contributed by atoms with E-state index < -0.39 is 5.97 Å². The van der Waals surface area contributed by atoms with Gasteiger partial charge in [-0.2, -0.15) is 0 Å². The Balaban J connectivity index is 1.89. The summed E-state index contributed by atoms with van der Waals surface area (Å²) < 4.78 is 5.07. The molecular formula is C17H22N2O5. The molecule has 0 saturated carbocycles. The van der Waals surface area contributed by atoms with E-state index in [2.05, 4.69) is 0 Å². The Bertz CT molecular complexity index is 614. The smallest absolute Gasteiger partial charge is 0.341 e. The second kappa shape index (κ2) is 7.81. The third-order valence-electron chi connectivity index (χ3n) is 4.09. The third kappa shape index (κ3) is 4.71. The van der Waals surface area contributed by atoms with E-state index in [0.717, 1.165) is 5.56 Å². The molecule has 0 radical (unpaired) electrons. The van der Waals surface area contributed by atoms with Gasteiger partial charge in [-0.3, -0.25) is 9.59 Å². The Morgan fingerprint density at radius 3 is 2.58 bits per heavy atom. The first-order chi connectivity index (χ1) is 11.4. The van der Waals surface area contributed by atoms with Crippen LogP contribution in [0, 0.1) is 5.92 Å². The average molecular weight is 334 g/mol. The Kier molecular flexibility index (Phi) is 5.78. The lowest BCUT2D eigenvalue weighted by atomic mass is 9.95. The molecule has 1 unspecified atom stereocenters. The van der Waals surface area contributed by atoms with Gasteiger partial charge in [0.05, 0.1) is 0 Å². The predicted octanol–water partition coefficient (Wildman–Crippen LogP) is 0.977. The molecule has 1 N–H and O–H groups in total. The molecule has 0 bridgehead atoms. The van der Waals surface area contributed by atoms with Crippen molar-refractivity contribution >= 4 is 17.8 Å². The topological polar surface area (TPSA) is 87.2 Å². The first kappa shape index (κ1) is 17.8. The van der Waals surface area contributed by atoms with Crippen molar-refractivity contribution in [1.29, 1.82) is 0 Å². The summed E-state index contributed by atoms with van der Waals surface area (Å²) in [6.45, 7) is 0.652. The summed E-state index contributed by atoms with van der Waals surface area (Å²) in [5, 5.41) is 8.57. The molecule has 1 atom stereocenters. The summed E-state index contributed by atoms with van der Waals surface area (Å²) in [5.41, 5.74) is 0.910. The van der Waals surface area contributed by atoms with E-state index in [4.69, 9.17) is 9.84 Å². The van der Waals surface area contributed by atoms with Gasteiger partial charge in [0.15, 0.2) is 6.61 Å². The lowest BCUT2D eigenvalue weighted by Gasteiger charge is -2.30. The molecule has 1 aromatic rings. The van der Waals surface area contributed by atoms with E-state index in [1.807, 2.05) is 0 Å². The van der Waals surface area contributed by atoms with Gasteiger partial charge in [-0.05, 0) is 24.1 Å². The quantitative estimate of drug-likeness (QED) is 0.838. The number of likely N-dealkylation sites (tertiary alicyclic amines) is 1. The number of hydrogen-bond acceptors (Lipinski definition) is 4. The number of carboxylic acids is 1. The number of piperidine rings is 1. The van der Waals surface area contributed by atoms with E-state index in [-0.39, 0.29) is 30.8 Å². The van der Waals surface area contributed by atoms with Gasteiger partial charge >= 0.3 is 5.97 Å². The van der Waals surface area contributed by atoms with Crippen LogP contribution in [0.1, 0.15) is 18.4 Å². The van der Waals surface area contributed by atoms with Gasteiger partial charge in [0.1, 0.15) is 5.75 Å². The molecule has 0 spiro atoms. The summed E-state index contributed by atoms with van der Waals surface area (Å²) in [7, 11) is 3.47. The highest BCUT2D eigenvalue weighted by molar-refractivity contribution is 5.86. The number of carbonyl (C=O) groups excluding carboxylic acids is 2. The van der Waals surface area contributed by atoms with E-state index in [1.54, 1.807) is 48.2 Å².